The van der Waals surface area contributed by atoms with E-state index in [2.05, 4.69) is 5.10 Å². The van der Waals surface area contributed by atoms with Crippen LogP contribution < -0.4 is 5.14 Å². The molecule has 0 aliphatic heterocycles. The minimum Gasteiger partial charge on any atom is -0.225 e. The molecule has 4 rings (SSSR count). The Morgan fingerprint density at radius 3 is 2.23 bits per heavy atom. The maximum Gasteiger partial charge on any atom is 0.286 e. The summed E-state index contributed by atoms with van der Waals surface area (Å²) in [5.41, 5.74) is -0.0544. The molecule has 2 aliphatic carbocycles. The minimum absolute atomic E-state index is 0.168. The van der Waals surface area contributed by atoms with Gasteiger partial charge in [-0.2, -0.15) is 8.78 Å². The third-order valence-electron chi connectivity index (χ3n) is 4.37. The number of allylic oxidation sites excluding steroid dienone is 4. The molecular weight excluding hydrogens is 367 g/mol. The number of nitrogens with zero attached hydrogens (tertiary/aromatic N) is 2. The van der Waals surface area contributed by atoms with Crippen molar-refractivity contribution in [2.24, 2.45) is 10.6 Å². The number of alkyl halides is 2. The van der Waals surface area contributed by atoms with Gasteiger partial charge in [0.05, 0.1) is 22.2 Å². The largest absolute Gasteiger partial charge is 0.286 e. The number of sulfonamides is 1. The summed E-state index contributed by atoms with van der Waals surface area (Å²) in [6, 6.07) is 6.06. The van der Waals surface area contributed by atoms with Gasteiger partial charge in [-0.15, -0.1) is 10.0 Å². The summed E-state index contributed by atoms with van der Waals surface area (Å²) in [5, 5.41) is 8.30. The Balaban J connectivity index is 0.000000236. The van der Waals surface area contributed by atoms with Gasteiger partial charge in [0.15, 0.2) is 0 Å². The highest BCUT2D eigenvalue weighted by Gasteiger charge is 2.63. The van der Waals surface area contributed by atoms with Gasteiger partial charge in [0.25, 0.3) is 5.92 Å². The second-order valence-electron chi connectivity index (χ2n) is 6.17. The molecule has 0 fully saturated rings. The predicted octanol–water partition coefficient (Wildman–Crippen LogP) is 3.24. The molecule has 0 amide bonds. The average molecular weight is 383 g/mol. The van der Waals surface area contributed by atoms with E-state index >= 15 is 0 Å². The highest BCUT2D eigenvalue weighted by atomic mass is 32.2. The van der Waals surface area contributed by atoms with Crippen LogP contribution in [0.25, 0.3) is 0 Å². The number of hydrogen-bond donors (Lipinski definition) is 1. The van der Waals surface area contributed by atoms with Crippen LogP contribution in [-0.2, 0) is 15.9 Å². The van der Waals surface area contributed by atoms with Gasteiger partial charge >= 0.3 is 0 Å². The fourth-order valence-electron chi connectivity index (χ4n) is 2.87. The van der Waals surface area contributed by atoms with Crippen molar-refractivity contribution >= 4 is 10.0 Å². The van der Waals surface area contributed by atoms with Crippen LogP contribution in [0.3, 0.4) is 0 Å². The topological polar surface area (TPSA) is 78.0 Å². The highest BCUT2D eigenvalue weighted by molar-refractivity contribution is 7.89. The van der Waals surface area contributed by atoms with Gasteiger partial charge in [0.1, 0.15) is 0 Å². The molecule has 1 aromatic carbocycles. The molecule has 1 unspecified atom stereocenters. The summed E-state index contributed by atoms with van der Waals surface area (Å²) < 4.78 is 62.8. The standard InChI is InChI=1S/C13H11F2NO2S.C4H5FN2/c14-13(15,12-7-1-2-10(12)8-12)9-3-5-11(6-4-9)19(16,17)18;1-4-2-3-7(5)6-4/h1-6,8H,7H2,(H2,16,17,18);2-3H,1H3. The Morgan fingerprint density at radius 2 is 1.88 bits per heavy atom. The summed E-state index contributed by atoms with van der Waals surface area (Å²) in [6.07, 6.45) is 6.52. The number of aromatic nitrogens is 2. The van der Waals surface area contributed by atoms with Crippen LogP contribution in [-0.4, -0.2) is 18.4 Å². The number of nitrogens with two attached hydrogens (primary N) is 1. The van der Waals surface area contributed by atoms with Gasteiger partial charge in [0, 0.05) is 5.56 Å². The first-order valence-electron chi connectivity index (χ1n) is 7.66. The Kier molecular flexibility index (Phi) is 4.32. The summed E-state index contributed by atoms with van der Waals surface area (Å²) >= 11 is 0. The summed E-state index contributed by atoms with van der Waals surface area (Å²) in [4.78, 5) is 0.119. The van der Waals surface area contributed by atoms with Gasteiger partial charge in [-0.1, -0.05) is 34.8 Å². The molecule has 0 saturated carbocycles. The lowest BCUT2D eigenvalue weighted by Gasteiger charge is -2.26. The van der Waals surface area contributed by atoms with Crippen LogP contribution >= 0.6 is 0 Å². The first kappa shape index (κ1) is 18.4. The molecule has 2 N–H and O–H groups in total. The van der Waals surface area contributed by atoms with E-state index in [9.17, 15) is 21.7 Å². The molecule has 1 heterocycles. The van der Waals surface area contributed by atoms with Crippen molar-refractivity contribution < 1.29 is 21.7 Å². The molecule has 2 aliphatic rings. The fraction of sp³-hybridized carbons (Fsp3) is 0.235. The second-order valence-corrected chi connectivity index (χ2v) is 7.73. The maximum absolute atomic E-state index is 14.4. The van der Waals surface area contributed by atoms with Gasteiger partial charge in [-0.25, -0.2) is 13.6 Å². The quantitative estimate of drug-likeness (QED) is 0.884. The number of hydrogen-bond acceptors (Lipinski definition) is 3. The van der Waals surface area contributed by atoms with Gasteiger partial charge < -0.3 is 0 Å². The molecule has 1 atom stereocenters. The normalized spacial score (nSPS) is 20.9. The molecule has 138 valence electrons. The SMILES string of the molecule is Cc1ccn(F)n1.NS(=O)(=O)c1ccc(C(F)(F)C23C=C2C=CC3)cc1. The summed E-state index contributed by atoms with van der Waals surface area (Å²) in [6.45, 7) is 1.73. The molecule has 2 aromatic rings. The lowest BCUT2D eigenvalue weighted by molar-refractivity contribution is -0.0672. The minimum atomic E-state index is -3.86. The van der Waals surface area contributed by atoms with Crippen molar-refractivity contribution in [1.29, 1.82) is 0 Å². The fourth-order valence-corrected chi connectivity index (χ4v) is 3.39. The first-order chi connectivity index (χ1) is 12.1. The molecule has 26 heavy (non-hydrogen) atoms. The van der Waals surface area contributed by atoms with Crippen LogP contribution in [0.4, 0.5) is 13.3 Å². The predicted molar refractivity (Wildman–Crippen MR) is 89.5 cm³/mol. The third kappa shape index (κ3) is 3.19. The molecule has 5 nitrogen and oxygen atoms in total. The van der Waals surface area contributed by atoms with E-state index in [-0.39, 0.29) is 21.8 Å². The van der Waals surface area contributed by atoms with Crippen LogP contribution in [0, 0.1) is 12.3 Å². The lowest BCUT2D eigenvalue weighted by Crippen LogP contribution is -2.28. The number of rotatable bonds is 3. The van der Waals surface area contributed by atoms with Crippen LogP contribution in [0.2, 0.25) is 0 Å². The van der Waals surface area contributed by atoms with Gasteiger partial charge in [-0.3, -0.25) is 0 Å². The van der Waals surface area contributed by atoms with E-state index in [0.717, 1.165) is 24.3 Å². The van der Waals surface area contributed by atoms with E-state index < -0.39 is 21.4 Å². The van der Waals surface area contributed by atoms with Crippen LogP contribution in [0.5, 0.6) is 0 Å². The van der Waals surface area contributed by atoms with Crippen molar-refractivity contribution in [2.75, 3.05) is 0 Å². The van der Waals surface area contributed by atoms with E-state index in [0.29, 0.717) is 11.3 Å². The van der Waals surface area contributed by atoms with E-state index in [4.69, 9.17) is 5.14 Å². The Hall–Kier alpha value is -2.39. The number of benzene rings is 1. The zero-order valence-corrected chi connectivity index (χ0v) is 14.6. The number of primary sulfonamides is 1. The Labute approximate surface area is 148 Å². The average Bonchev–Trinajstić information content (AvgIpc) is 2.92. The molecule has 9 heteroatoms. The number of halogens is 3. The molecular formula is C17H16F3N3O2S. The van der Waals surface area contributed by atoms with Crippen molar-refractivity contribution in [3.8, 4) is 0 Å². The van der Waals surface area contributed by atoms with Crippen LogP contribution in [0.1, 0.15) is 17.7 Å². The lowest BCUT2D eigenvalue weighted by atomic mass is 9.86. The van der Waals surface area contributed by atoms with E-state index in [1.165, 1.54) is 6.20 Å². The zero-order chi connectivity index (χ0) is 19.2. The number of aryl methyl sites for hydroxylation is 1. The second kappa shape index (κ2) is 6.10. The summed E-state index contributed by atoms with van der Waals surface area (Å²) in [7, 11) is -3.86. The maximum atomic E-state index is 14.4. The smallest absolute Gasteiger partial charge is 0.225 e. The molecule has 0 spiro atoms. The Bertz CT molecular complexity index is 978. The highest BCUT2D eigenvalue weighted by Crippen LogP contribution is 2.65. The van der Waals surface area contributed by atoms with Crippen molar-refractivity contribution in [1.82, 2.24) is 10.0 Å². The molecule has 0 radical (unpaired) electrons. The van der Waals surface area contributed by atoms with Crippen molar-refractivity contribution in [2.45, 2.75) is 24.2 Å². The van der Waals surface area contributed by atoms with Gasteiger partial charge in [-0.05, 0) is 37.1 Å². The van der Waals surface area contributed by atoms with Crippen molar-refractivity contribution in [3.05, 3.63) is 71.6 Å². The van der Waals surface area contributed by atoms with E-state index in [1.807, 2.05) is 0 Å². The summed E-state index contributed by atoms with van der Waals surface area (Å²) in [5.74, 6) is -3.04. The molecule has 0 saturated heterocycles. The Morgan fingerprint density at radius 1 is 1.23 bits per heavy atom. The van der Waals surface area contributed by atoms with Crippen LogP contribution in [0.15, 0.2) is 65.2 Å². The third-order valence-corrected chi connectivity index (χ3v) is 5.30. The van der Waals surface area contributed by atoms with Crippen molar-refractivity contribution in [3.63, 3.8) is 0 Å². The first-order valence-corrected chi connectivity index (χ1v) is 9.20. The zero-order valence-electron chi connectivity index (χ0n) is 13.7. The van der Waals surface area contributed by atoms with Gasteiger partial charge in [0.2, 0.25) is 10.0 Å². The monoisotopic (exact) mass is 383 g/mol. The van der Waals surface area contributed by atoms with E-state index in [1.54, 1.807) is 31.2 Å². The molecule has 1 aromatic heterocycles. The molecule has 0 bridgehead atoms. The number of fused-ring (bicyclic) bond motifs is 1.